The minimum atomic E-state index is -1.15. The molecule has 2 aliphatic carbocycles. The molecular formula is C22H34N2O6S. The maximum absolute atomic E-state index is 12.1. The highest BCUT2D eigenvalue weighted by Crippen LogP contribution is 2.52. The molecule has 0 aromatic carbocycles. The Kier molecular flexibility index (Phi) is 8.19. The van der Waals surface area contributed by atoms with Crippen LogP contribution in [-0.2, 0) is 19.2 Å². The van der Waals surface area contributed by atoms with E-state index in [9.17, 15) is 29.4 Å². The van der Waals surface area contributed by atoms with Crippen molar-refractivity contribution in [1.29, 1.82) is 0 Å². The minimum Gasteiger partial charge on any atom is -0.480 e. The molecule has 3 atom stereocenters. The number of thioether (sulfide) groups is 1. The van der Waals surface area contributed by atoms with Crippen LogP contribution in [0, 0.1) is 22.7 Å². The van der Waals surface area contributed by atoms with E-state index in [0.717, 1.165) is 25.7 Å². The highest BCUT2D eigenvalue weighted by molar-refractivity contribution is 7.99. The first-order valence-corrected chi connectivity index (χ1v) is 11.9. The molecule has 9 heteroatoms. The molecule has 0 unspecified atom stereocenters. The van der Waals surface area contributed by atoms with E-state index in [0.29, 0.717) is 12.2 Å². The summed E-state index contributed by atoms with van der Waals surface area (Å²) in [7, 11) is 0. The number of rotatable bonds is 13. The van der Waals surface area contributed by atoms with Crippen LogP contribution in [-0.4, -0.2) is 51.5 Å². The Morgan fingerprint density at radius 1 is 1.00 bits per heavy atom. The van der Waals surface area contributed by atoms with Crippen LogP contribution in [0.15, 0.2) is 11.8 Å². The van der Waals surface area contributed by atoms with Crippen molar-refractivity contribution in [3.63, 3.8) is 0 Å². The van der Waals surface area contributed by atoms with Gasteiger partial charge in [0.25, 0.3) is 0 Å². The molecule has 2 amide bonds. The predicted octanol–water partition coefficient (Wildman–Crippen LogP) is 2.64. The summed E-state index contributed by atoms with van der Waals surface area (Å²) in [6.07, 6.45) is 5.06. The summed E-state index contributed by atoms with van der Waals surface area (Å²) in [6, 6.07) is -0.908. The van der Waals surface area contributed by atoms with Gasteiger partial charge in [-0.25, -0.2) is 9.59 Å². The van der Waals surface area contributed by atoms with Gasteiger partial charge in [-0.1, -0.05) is 33.8 Å². The molecule has 0 radical (unpaired) electrons. The number of allylic oxidation sites excluding steroid dienone is 1. The molecular weight excluding hydrogens is 420 g/mol. The molecule has 0 bridgehead atoms. The van der Waals surface area contributed by atoms with E-state index in [2.05, 4.69) is 10.6 Å². The van der Waals surface area contributed by atoms with Gasteiger partial charge in [-0.15, -0.1) is 0 Å². The summed E-state index contributed by atoms with van der Waals surface area (Å²) in [6.45, 7) is 7.94. The van der Waals surface area contributed by atoms with Crippen LogP contribution in [0.5, 0.6) is 0 Å². The van der Waals surface area contributed by atoms with E-state index >= 15 is 0 Å². The molecule has 4 N–H and O–H groups in total. The number of hydrogen-bond acceptors (Lipinski definition) is 5. The van der Waals surface area contributed by atoms with Gasteiger partial charge in [-0.3, -0.25) is 9.59 Å². The minimum absolute atomic E-state index is 0.0447. The third-order valence-electron chi connectivity index (χ3n) is 6.14. The lowest BCUT2D eigenvalue weighted by Gasteiger charge is -2.15. The summed E-state index contributed by atoms with van der Waals surface area (Å²) >= 11 is 1.45. The lowest BCUT2D eigenvalue weighted by atomic mass is 10.1. The molecule has 0 aromatic heterocycles. The van der Waals surface area contributed by atoms with E-state index in [1.54, 1.807) is 0 Å². The molecule has 2 saturated carbocycles. The van der Waals surface area contributed by atoms with E-state index in [-0.39, 0.29) is 45.9 Å². The van der Waals surface area contributed by atoms with Crippen molar-refractivity contribution in [3.8, 4) is 0 Å². The molecule has 0 heterocycles. The van der Waals surface area contributed by atoms with E-state index in [1.165, 1.54) is 17.8 Å². The first-order chi connectivity index (χ1) is 14.3. The number of carbonyl (C=O) groups is 4. The fourth-order valence-corrected chi connectivity index (χ4v) is 4.52. The molecule has 2 rings (SSSR count). The van der Waals surface area contributed by atoms with Gasteiger partial charge in [0.05, 0.1) is 0 Å². The zero-order valence-corrected chi connectivity index (χ0v) is 19.5. The summed E-state index contributed by atoms with van der Waals surface area (Å²) in [5, 5.41) is 23.7. The summed E-state index contributed by atoms with van der Waals surface area (Å²) in [5.41, 5.74) is -0.193. The Bertz CT molecular complexity index is 761. The van der Waals surface area contributed by atoms with Gasteiger partial charge in [0.2, 0.25) is 11.8 Å². The quantitative estimate of drug-likeness (QED) is 0.248. The number of carboxylic acids is 2. The SMILES string of the molecule is CC1(C)C[C@@H]1C(=O)N/C(=C\CCCCSC[C@@H](NC(=O)[C@H]1CC1(C)C)C(=O)O)C(=O)O. The van der Waals surface area contributed by atoms with Gasteiger partial charge in [0.15, 0.2) is 0 Å². The second-order valence-corrected chi connectivity index (χ2v) is 11.0. The Morgan fingerprint density at radius 2 is 1.55 bits per heavy atom. The molecule has 2 aliphatic rings. The summed E-state index contributed by atoms with van der Waals surface area (Å²) < 4.78 is 0. The van der Waals surface area contributed by atoms with Gasteiger partial charge in [-0.2, -0.15) is 11.8 Å². The third-order valence-corrected chi connectivity index (χ3v) is 7.28. The van der Waals surface area contributed by atoms with Crippen LogP contribution in [0.25, 0.3) is 0 Å². The summed E-state index contributed by atoms with van der Waals surface area (Å²) in [4.78, 5) is 47.0. The normalized spacial score (nSPS) is 24.1. The van der Waals surface area contributed by atoms with Crippen molar-refractivity contribution in [2.24, 2.45) is 22.7 Å². The third kappa shape index (κ3) is 7.55. The van der Waals surface area contributed by atoms with Crippen molar-refractivity contribution in [3.05, 3.63) is 11.8 Å². The lowest BCUT2D eigenvalue weighted by molar-refractivity contribution is -0.141. The van der Waals surface area contributed by atoms with E-state index in [1.807, 2.05) is 27.7 Å². The maximum atomic E-state index is 12.1. The highest BCUT2D eigenvalue weighted by Gasteiger charge is 2.51. The molecule has 8 nitrogen and oxygen atoms in total. The number of amides is 2. The average Bonchev–Trinajstić information content (AvgIpc) is 3.51. The maximum Gasteiger partial charge on any atom is 0.352 e. The fourth-order valence-electron chi connectivity index (χ4n) is 3.48. The molecule has 174 valence electrons. The van der Waals surface area contributed by atoms with Crippen molar-refractivity contribution in [2.75, 3.05) is 11.5 Å². The van der Waals surface area contributed by atoms with Gasteiger partial charge in [-0.05, 0) is 48.7 Å². The Morgan fingerprint density at radius 3 is 2.03 bits per heavy atom. The Balaban J connectivity index is 1.65. The topological polar surface area (TPSA) is 133 Å². The van der Waals surface area contributed by atoms with Crippen LogP contribution >= 0.6 is 11.8 Å². The first-order valence-electron chi connectivity index (χ1n) is 10.7. The standard InChI is InChI=1S/C22H34N2O6S/c1-21(2)10-13(21)17(25)23-15(19(27)28)8-6-5-7-9-31-12-16(20(29)30)24-18(26)14-11-22(14,3)4/h8,13-14,16H,5-7,9-12H2,1-4H3,(H,23,25)(H,24,26)(H,27,28)(H,29,30)/b15-8-/t13-,14-,16-/m1/s1. The van der Waals surface area contributed by atoms with Gasteiger partial charge < -0.3 is 20.8 Å². The zero-order chi connectivity index (χ0) is 23.4. The van der Waals surface area contributed by atoms with Crippen LogP contribution in [0.1, 0.15) is 59.8 Å². The molecule has 0 spiro atoms. The molecule has 31 heavy (non-hydrogen) atoms. The van der Waals surface area contributed by atoms with Crippen molar-refractivity contribution < 1.29 is 29.4 Å². The van der Waals surface area contributed by atoms with E-state index in [4.69, 9.17) is 0 Å². The van der Waals surface area contributed by atoms with Crippen molar-refractivity contribution in [1.82, 2.24) is 10.6 Å². The molecule has 0 aromatic rings. The van der Waals surface area contributed by atoms with Crippen LogP contribution in [0.3, 0.4) is 0 Å². The van der Waals surface area contributed by atoms with E-state index < -0.39 is 18.0 Å². The second-order valence-electron chi connectivity index (χ2n) is 9.87. The smallest absolute Gasteiger partial charge is 0.352 e. The number of hydrogen-bond donors (Lipinski definition) is 4. The molecule has 0 saturated heterocycles. The number of carboxylic acid groups (broad SMARTS) is 2. The predicted molar refractivity (Wildman–Crippen MR) is 118 cm³/mol. The summed E-state index contributed by atoms with van der Waals surface area (Å²) in [5.74, 6) is -1.89. The lowest BCUT2D eigenvalue weighted by Crippen LogP contribution is -2.43. The van der Waals surface area contributed by atoms with Gasteiger partial charge >= 0.3 is 11.9 Å². The highest BCUT2D eigenvalue weighted by atomic mass is 32.2. The number of carbonyl (C=O) groups excluding carboxylic acids is 2. The number of aliphatic carboxylic acids is 2. The van der Waals surface area contributed by atoms with Crippen LogP contribution in [0.4, 0.5) is 0 Å². The monoisotopic (exact) mass is 454 g/mol. The Labute approximate surface area is 187 Å². The second kappa shape index (κ2) is 10.1. The number of nitrogens with one attached hydrogen (secondary N) is 2. The number of unbranched alkanes of at least 4 members (excludes halogenated alkanes) is 2. The van der Waals surface area contributed by atoms with Crippen molar-refractivity contribution >= 4 is 35.5 Å². The van der Waals surface area contributed by atoms with Crippen LogP contribution < -0.4 is 10.6 Å². The van der Waals surface area contributed by atoms with Gasteiger partial charge in [0.1, 0.15) is 11.7 Å². The molecule has 2 fully saturated rings. The fraction of sp³-hybridized carbons (Fsp3) is 0.727. The van der Waals surface area contributed by atoms with Gasteiger partial charge in [0, 0.05) is 17.6 Å². The first kappa shape index (κ1) is 25.2. The average molecular weight is 455 g/mol. The Hall–Kier alpha value is -2.03. The molecule has 0 aliphatic heterocycles. The zero-order valence-electron chi connectivity index (χ0n) is 18.7. The van der Waals surface area contributed by atoms with Crippen LogP contribution in [0.2, 0.25) is 0 Å². The van der Waals surface area contributed by atoms with Crippen molar-refractivity contribution in [2.45, 2.75) is 65.8 Å². The largest absolute Gasteiger partial charge is 0.480 e.